The number of aromatic nitrogens is 2. The zero-order chi connectivity index (χ0) is 49.4. The molecule has 2 saturated heterocycles. The molecule has 0 saturated carbocycles. The van der Waals surface area contributed by atoms with Gasteiger partial charge in [-0.2, -0.15) is 0 Å². The molecule has 16 nitrogen and oxygen atoms in total. The lowest BCUT2D eigenvalue weighted by molar-refractivity contribution is -0.144. The van der Waals surface area contributed by atoms with Gasteiger partial charge in [-0.25, -0.2) is 0 Å². The van der Waals surface area contributed by atoms with E-state index in [-0.39, 0.29) is 35.0 Å². The van der Waals surface area contributed by atoms with Gasteiger partial charge in [-0.05, 0) is 121 Å². The van der Waals surface area contributed by atoms with Crippen LogP contribution < -0.4 is 46.0 Å². The molecule has 0 spiro atoms. The second-order valence-corrected chi connectivity index (χ2v) is 19.0. The van der Waals surface area contributed by atoms with Crippen molar-refractivity contribution in [2.24, 2.45) is 11.8 Å². The molecule has 6 aromatic rings. The first kappa shape index (κ1) is 49.3. The monoisotopic (exact) mass is 967 g/mol. The molecule has 4 atom stereocenters. The second kappa shape index (κ2) is 22.6. The average Bonchev–Trinajstić information content (AvgIpc) is 3.39. The molecular formula is C55H65N7O9. The summed E-state index contributed by atoms with van der Waals surface area (Å²) in [6, 6.07) is 31.0. The number of benzene rings is 4. The van der Waals surface area contributed by atoms with Crippen LogP contribution in [0.15, 0.2) is 107 Å². The quantitative estimate of drug-likeness (QED) is 0.115. The van der Waals surface area contributed by atoms with Crippen LogP contribution in [0, 0.1) is 25.7 Å². The van der Waals surface area contributed by atoms with Crippen LogP contribution in [0.2, 0.25) is 0 Å². The number of pyridine rings is 2. The highest BCUT2D eigenvalue weighted by Crippen LogP contribution is 2.32. The topological polar surface area (TPSA) is 178 Å². The van der Waals surface area contributed by atoms with Crippen LogP contribution in [0.1, 0.15) is 35.1 Å². The van der Waals surface area contributed by atoms with E-state index in [0.717, 1.165) is 99.5 Å². The van der Waals surface area contributed by atoms with E-state index in [2.05, 4.69) is 43.9 Å². The number of aliphatic carboxylic acids is 1. The van der Waals surface area contributed by atoms with E-state index >= 15 is 0 Å². The summed E-state index contributed by atoms with van der Waals surface area (Å²) in [6.45, 7) is 12.7. The van der Waals surface area contributed by atoms with Crippen LogP contribution >= 0.6 is 0 Å². The summed E-state index contributed by atoms with van der Waals surface area (Å²) in [4.78, 5) is 54.6. The maximum Gasteiger partial charge on any atom is 0.309 e. The zero-order valence-corrected chi connectivity index (χ0v) is 40.9. The molecule has 1 amide bonds. The molecule has 71 heavy (non-hydrogen) atoms. The molecular weight excluding hydrogens is 903 g/mol. The van der Waals surface area contributed by atoms with E-state index in [4.69, 9.17) is 18.9 Å². The predicted molar refractivity (Wildman–Crippen MR) is 273 cm³/mol. The number of carboxylic acid groups (broad SMARTS) is 1. The van der Waals surface area contributed by atoms with Crippen molar-refractivity contribution in [1.29, 1.82) is 0 Å². The lowest BCUT2D eigenvalue weighted by Gasteiger charge is -2.38. The summed E-state index contributed by atoms with van der Waals surface area (Å²) in [5.41, 5.74) is 6.22. The number of carbonyl (C=O) groups excluding carboxylic acids is 1. The smallest absolute Gasteiger partial charge is 0.309 e. The Balaban J connectivity index is 0.000000176. The largest absolute Gasteiger partial charge is 0.486 e. The lowest BCUT2D eigenvalue weighted by Crippen LogP contribution is -2.54. The van der Waals surface area contributed by atoms with Crippen molar-refractivity contribution in [1.82, 2.24) is 34.9 Å². The Labute approximate surface area is 413 Å². The Morgan fingerprint density at radius 2 is 1.00 bits per heavy atom. The Kier molecular flexibility index (Phi) is 15.7. The molecule has 4 N–H and O–H groups in total. The fourth-order valence-electron chi connectivity index (χ4n) is 10.3. The van der Waals surface area contributed by atoms with Gasteiger partial charge in [0, 0.05) is 83.6 Å². The highest BCUT2D eigenvalue weighted by atomic mass is 16.6. The SMILES string of the molecule is CNC(=O)C1CN(CCn2c(=O)ccc3ccc(C)cc32)CCC1NCc1ccc2c(c1)OCCO2.Cc1ccc2ccc(=O)n(CCN3CCC(NCc4ccc5c(c4)OCCO5)C(C(=O)O)C3)c2c1. The number of piperidine rings is 2. The number of nitrogens with zero attached hydrogens (tertiary/aromatic N) is 4. The molecule has 10 rings (SSSR count). The van der Waals surface area contributed by atoms with Gasteiger partial charge < -0.3 is 58.9 Å². The van der Waals surface area contributed by atoms with Crippen molar-refractivity contribution < 1.29 is 33.6 Å². The normalized spacial score (nSPS) is 20.0. The van der Waals surface area contributed by atoms with E-state index in [1.165, 1.54) is 0 Å². The van der Waals surface area contributed by atoms with Gasteiger partial charge in [-0.15, -0.1) is 0 Å². The number of ether oxygens (including phenoxy) is 4. The Morgan fingerprint density at radius 3 is 1.46 bits per heavy atom. The van der Waals surface area contributed by atoms with Gasteiger partial charge in [0.1, 0.15) is 26.4 Å². The minimum atomic E-state index is -0.799. The molecule has 4 unspecified atom stereocenters. The molecule has 6 heterocycles. The third kappa shape index (κ3) is 11.9. The number of aryl methyl sites for hydroxylation is 2. The first-order valence-corrected chi connectivity index (χ1v) is 24.8. The number of rotatable bonds is 14. The molecule has 0 aliphatic carbocycles. The molecule has 2 fully saturated rings. The zero-order valence-electron chi connectivity index (χ0n) is 40.9. The number of carboxylic acids is 1. The molecule has 2 aromatic heterocycles. The van der Waals surface area contributed by atoms with Crippen molar-refractivity contribution in [2.75, 3.05) is 72.7 Å². The number of amides is 1. The van der Waals surface area contributed by atoms with Gasteiger partial charge in [0.25, 0.3) is 11.1 Å². The molecule has 0 radical (unpaired) electrons. The van der Waals surface area contributed by atoms with Gasteiger partial charge in [0.05, 0.1) is 22.9 Å². The van der Waals surface area contributed by atoms with Crippen LogP contribution in [0.25, 0.3) is 21.8 Å². The van der Waals surface area contributed by atoms with Crippen LogP contribution in [0.3, 0.4) is 0 Å². The third-order valence-electron chi connectivity index (χ3n) is 14.2. The maximum atomic E-state index is 12.8. The Morgan fingerprint density at radius 1 is 0.563 bits per heavy atom. The number of fused-ring (bicyclic) bond motifs is 4. The van der Waals surface area contributed by atoms with Crippen molar-refractivity contribution in [2.45, 2.75) is 65.0 Å². The lowest BCUT2D eigenvalue weighted by atomic mass is 9.91. The van der Waals surface area contributed by atoms with Gasteiger partial charge in [0.15, 0.2) is 23.0 Å². The number of nitrogens with one attached hydrogen (secondary N) is 3. The van der Waals surface area contributed by atoms with Crippen molar-refractivity contribution in [3.63, 3.8) is 0 Å². The second-order valence-electron chi connectivity index (χ2n) is 19.0. The third-order valence-corrected chi connectivity index (χ3v) is 14.2. The summed E-state index contributed by atoms with van der Waals surface area (Å²) in [5.74, 6) is 1.58. The van der Waals surface area contributed by atoms with Crippen LogP contribution in [-0.2, 0) is 35.8 Å². The van der Waals surface area contributed by atoms with Crippen molar-refractivity contribution in [3.05, 3.63) is 140 Å². The molecule has 0 bridgehead atoms. The number of carbonyl (C=O) groups is 2. The predicted octanol–water partition coefficient (Wildman–Crippen LogP) is 4.95. The van der Waals surface area contributed by atoms with Crippen molar-refractivity contribution >= 4 is 33.7 Å². The number of hydrogen-bond donors (Lipinski definition) is 4. The standard InChI is InChI=1S/C28H34N4O4.C27H31N3O5/c1-19-3-5-21-6-8-27(33)32(24(21)15-19)12-11-31-10-9-23(22(18-31)28(34)29-2)30-17-20-4-7-25-26(16-20)36-14-13-35-25;1-18-2-4-20-5-7-26(31)30(23(20)14-18)11-10-29-9-8-22(21(17-29)27(32)33)28-16-19-3-6-24-25(15-19)35-13-12-34-24/h3-8,15-16,22-23,30H,9-14,17-18H2,1-2H3,(H,29,34);2-7,14-15,21-22,28H,8-13,16-17H2,1H3,(H,32,33). The van der Waals surface area contributed by atoms with Crippen LogP contribution in [-0.4, -0.2) is 121 Å². The highest BCUT2D eigenvalue weighted by Gasteiger charge is 2.35. The van der Waals surface area contributed by atoms with E-state index in [9.17, 15) is 24.3 Å². The van der Waals surface area contributed by atoms with Gasteiger partial charge in [0.2, 0.25) is 5.91 Å². The van der Waals surface area contributed by atoms with E-state index in [0.29, 0.717) is 72.2 Å². The summed E-state index contributed by atoms with van der Waals surface area (Å²) < 4.78 is 26.2. The number of hydrogen-bond acceptors (Lipinski definition) is 12. The highest BCUT2D eigenvalue weighted by molar-refractivity contribution is 5.81. The summed E-state index contributed by atoms with van der Waals surface area (Å²) in [5, 5.41) is 21.9. The fourth-order valence-corrected chi connectivity index (χ4v) is 10.3. The summed E-state index contributed by atoms with van der Waals surface area (Å²) in [7, 11) is 1.69. The minimum Gasteiger partial charge on any atom is -0.486 e. The van der Waals surface area contributed by atoms with Crippen LogP contribution in [0.5, 0.6) is 23.0 Å². The first-order chi connectivity index (χ1) is 34.5. The summed E-state index contributed by atoms with van der Waals surface area (Å²) in [6.07, 6.45) is 1.58. The van der Waals surface area contributed by atoms with E-state index in [1.807, 2.05) is 85.1 Å². The van der Waals surface area contributed by atoms with Crippen molar-refractivity contribution in [3.8, 4) is 23.0 Å². The Hall–Kier alpha value is -6.72. The molecule has 4 aromatic carbocycles. The summed E-state index contributed by atoms with van der Waals surface area (Å²) >= 11 is 0. The molecule has 4 aliphatic heterocycles. The Bertz CT molecular complexity index is 2990. The van der Waals surface area contributed by atoms with E-state index in [1.54, 1.807) is 23.7 Å². The van der Waals surface area contributed by atoms with Gasteiger partial charge in [-0.1, -0.05) is 36.4 Å². The van der Waals surface area contributed by atoms with Gasteiger partial charge in [-0.3, -0.25) is 19.2 Å². The molecule has 16 heteroatoms. The molecule has 4 aliphatic rings. The van der Waals surface area contributed by atoms with E-state index < -0.39 is 11.9 Å². The molecule has 374 valence electrons. The minimum absolute atomic E-state index is 0.00642. The fraction of sp³-hybridized carbons (Fsp3) is 0.418. The van der Waals surface area contributed by atoms with Crippen LogP contribution in [0.4, 0.5) is 0 Å². The first-order valence-electron chi connectivity index (χ1n) is 24.8. The van der Waals surface area contributed by atoms with Gasteiger partial charge >= 0.3 is 5.97 Å². The maximum absolute atomic E-state index is 12.8. The average molecular weight is 968 g/mol. The number of likely N-dealkylation sites (tertiary alicyclic amines) is 2.